The Hall–Kier alpha value is -0.520. The largest absolute Gasteiger partial charge is 0.393 e. The van der Waals surface area contributed by atoms with E-state index in [0.29, 0.717) is 13.0 Å². The Balaban J connectivity index is 0. The van der Waals surface area contributed by atoms with Crippen LogP contribution >= 0.6 is 0 Å². The van der Waals surface area contributed by atoms with Gasteiger partial charge in [-0.15, -0.1) is 0 Å². The molecule has 2 N–H and O–H groups in total. The van der Waals surface area contributed by atoms with E-state index in [1.54, 1.807) is 6.92 Å². The van der Waals surface area contributed by atoms with Crippen LogP contribution in [-0.4, -0.2) is 42.2 Å². The molecule has 0 saturated carbocycles. The Morgan fingerprint density at radius 2 is 2.00 bits per heavy atom. The lowest BCUT2D eigenvalue weighted by atomic mass is 10.0. The third-order valence-electron chi connectivity index (χ3n) is 1.84. The SMILES string of the molecule is CC.CC1(CO)OCCC1O.CN=O. The van der Waals surface area contributed by atoms with Crippen molar-refractivity contribution in [3.8, 4) is 0 Å². The van der Waals surface area contributed by atoms with Crippen molar-refractivity contribution in [1.82, 2.24) is 0 Å². The molecule has 14 heavy (non-hydrogen) atoms. The lowest BCUT2D eigenvalue weighted by Crippen LogP contribution is -2.39. The molecule has 1 aliphatic rings. The summed E-state index contributed by atoms with van der Waals surface area (Å²) in [5.41, 5.74) is -0.694. The van der Waals surface area contributed by atoms with Crippen LogP contribution in [0, 0.1) is 4.91 Å². The lowest BCUT2D eigenvalue weighted by molar-refractivity contribution is -0.0766. The molecular formula is C9H21NO4. The van der Waals surface area contributed by atoms with Gasteiger partial charge in [-0.3, -0.25) is 0 Å². The van der Waals surface area contributed by atoms with Crippen molar-refractivity contribution in [3.63, 3.8) is 0 Å². The Morgan fingerprint density at radius 1 is 1.57 bits per heavy atom. The van der Waals surface area contributed by atoms with Crippen LogP contribution in [-0.2, 0) is 4.74 Å². The standard InChI is InChI=1S/C6H12O3.C2H6.CH3NO/c1-6(4-7)5(8)2-3-9-6;1-2;1-2-3/h5,7-8H,2-4H2,1H3;1-2H3;1H3. The summed E-state index contributed by atoms with van der Waals surface area (Å²) in [6.45, 7) is 6.16. The minimum Gasteiger partial charge on any atom is -0.393 e. The van der Waals surface area contributed by atoms with Crippen molar-refractivity contribution in [2.45, 2.75) is 38.9 Å². The van der Waals surface area contributed by atoms with E-state index in [1.165, 1.54) is 7.05 Å². The fourth-order valence-corrected chi connectivity index (χ4v) is 0.956. The Morgan fingerprint density at radius 3 is 2.14 bits per heavy atom. The Labute approximate surface area is 85.1 Å². The molecule has 1 saturated heterocycles. The number of nitroso groups, excluding NO2 is 1. The smallest absolute Gasteiger partial charge is 0.114 e. The second-order valence-electron chi connectivity index (χ2n) is 2.81. The van der Waals surface area contributed by atoms with Crippen LogP contribution in [0.4, 0.5) is 0 Å². The van der Waals surface area contributed by atoms with Gasteiger partial charge < -0.3 is 14.9 Å². The van der Waals surface area contributed by atoms with Crippen LogP contribution in [0.1, 0.15) is 27.2 Å². The maximum absolute atomic E-state index is 9.16. The fourth-order valence-electron chi connectivity index (χ4n) is 0.956. The monoisotopic (exact) mass is 207 g/mol. The summed E-state index contributed by atoms with van der Waals surface area (Å²) in [6.07, 6.45) is 0.138. The van der Waals surface area contributed by atoms with E-state index in [1.807, 2.05) is 13.8 Å². The summed E-state index contributed by atoms with van der Waals surface area (Å²) in [7, 11) is 1.19. The van der Waals surface area contributed by atoms with Gasteiger partial charge in [0, 0.05) is 0 Å². The lowest BCUT2D eigenvalue weighted by Gasteiger charge is -2.23. The van der Waals surface area contributed by atoms with E-state index in [0.717, 1.165) is 0 Å². The summed E-state index contributed by atoms with van der Waals surface area (Å²) in [4.78, 5) is 8.56. The molecule has 5 nitrogen and oxygen atoms in total. The van der Waals surface area contributed by atoms with Crippen molar-refractivity contribution in [2.75, 3.05) is 20.3 Å². The molecule has 1 aliphatic heterocycles. The summed E-state index contributed by atoms with van der Waals surface area (Å²) in [6, 6.07) is 0. The van der Waals surface area contributed by atoms with E-state index in [4.69, 9.17) is 19.9 Å². The molecule has 2 unspecified atom stereocenters. The molecule has 0 aromatic heterocycles. The van der Waals surface area contributed by atoms with Gasteiger partial charge in [0.15, 0.2) is 0 Å². The number of hydrogen-bond acceptors (Lipinski definition) is 5. The van der Waals surface area contributed by atoms with Crippen molar-refractivity contribution in [3.05, 3.63) is 4.91 Å². The van der Waals surface area contributed by atoms with Gasteiger partial charge in [0.25, 0.3) is 0 Å². The van der Waals surface area contributed by atoms with E-state index in [-0.39, 0.29) is 6.61 Å². The number of rotatable bonds is 1. The van der Waals surface area contributed by atoms with Crippen molar-refractivity contribution in [2.24, 2.45) is 5.18 Å². The molecule has 0 aromatic rings. The summed E-state index contributed by atoms with van der Waals surface area (Å²) < 4.78 is 5.10. The van der Waals surface area contributed by atoms with Crippen LogP contribution in [0.3, 0.4) is 0 Å². The van der Waals surface area contributed by atoms with Crippen LogP contribution in [0.25, 0.3) is 0 Å². The van der Waals surface area contributed by atoms with Gasteiger partial charge in [-0.05, 0) is 13.3 Å². The molecule has 86 valence electrons. The van der Waals surface area contributed by atoms with Gasteiger partial charge in [-0.2, -0.15) is 4.91 Å². The minimum atomic E-state index is -0.694. The van der Waals surface area contributed by atoms with Gasteiger partial charge in [-0.25, -0.2) is 0 Å². The van der Waals surface area contributed by atoms with E-state index < -0.39 is 11.7 Å². The third-order valence-corrected chi connectivity index (χ3v) is 1.84. The highest BCUT2D eigenvalue weighted by Gasteiger charge is 2.38. The number of aliphatic hydroxyl groups is 2. The van der Waals surface area contributed by atoms with E-state index in [2.05, 4.69) is 5.18 Å². The van der Waals surface area contributed by atoms with Crippen LogP contribution in [0.15, 0.2) is 5.18 Å². The number of ether oxygens (including phenoxy) is 1. The Kier molecular flexibility index (Phi) is 10.3. The summed E-state index contributed by atoms with van der Waals surface area (Å²) in [5, 5.41) is 20.1. The maximum atomic E-state index is 9.16. The molecular weight excluding hydrogens is 186 g/mol. The zero-order valence-corrected chi connectivity index (χ0v) is 9.36. The number of aliphatic hydroxyl groups excluding tert-OH is 2. The van der Waals surface area contributed by atoms with Crippen LogP contribution in [0.5, 0.6) is 0 Å². The molecule has 0 radical (unpaired) electrons. The second-order valence-corrected chi connectivity index (χ2v) is 2.81. The zero-order chi connectivity index (χ0) is 11.6. The average molecular weight is 207 g/mol. The van der Waals surface area contributed by atoms with Gasteiger partial charge in [0.05, 0.1) is 26.4 Å². The molecule has 5 heteroatoms. The highest BCUT2D eigenvalue weighted by molar-refractivity contribution is 4.87. The van der Waals surface area contributed by atoms with Gasteiger partial charge in [0.2, 0.25) is 0 Å². The topological polar surface area (TPSA) is 79.1 Å². The van der Waals surface area contributed by atoms with Crippen LogP contribution < -0.4 is 0 Å². The molecule has 2 atom stereocenters. The van der Waals surface area contributed by atoms with E-state index >= 15 is 0 Å². The van der Waals surface area contributed by atoms with Crippen molar-refractivity contribution >= 4 is 0 Å². The summed E-state index contributed by atoms with van der Waals surface area (Å²) >= 11 is 0. The first-order valence-corrected chi connectivity index (χ1v) is 4.75. The molecule has 0 bridgehead atoms. The molecule has 0 aromatic carbocycles. The molecule has 1 fully saturated rings. The molecule has 0 aliphatic carbocycles. The first-order chi connectivity index (χ1) is 6.60. The normalized spacial score (nSPS) is 29.4. The maximum Gasteiger partial charge on any atom is 0.114 e. The predicted octanol–water partition coefficient (Wildman–Crippen LogP) is 0.927. The zero-order valence-electron chi connectivity index (χ0n) is 9.36. The average Bonchev–Trinajstić information content (AvgIpc) is 2.53. The first-order valence-electron chi connectivity index (χ1n) is 4.75. The van der Waals surface area contributed by atoms with Gasteiger partial charge in [-0.1, -0.05) is 19.0 Å². The highest BCUT2D eigenvalue weighted by atomic mass is 16.5. The molecule has 1 heterocycles. The number of nitrogens with zero attached hydrogens (tertiary/aromatic N) is 1. The Bertz CT molecular complexity index is 143. The molecule has 0 amide bonds. The van der Waals surface area contributed by atoms with Crippen LogP contribution in [0.2, 0.25) is 0 Å². The fraction of sp³-hybridized carbons (Fsp3) is 1.00. The van der Waals surface area contributed by atoms with Gasteiger partial charge >= 0.3 is 0 Å². The van der Waals surface area contributed by atoms with Crippen molar-refractivity contribution in [1.29, 1.82) is 0 Å². The van der Waals surface area contributed by atoms with E-state index in [9.17, 15) is 0 Å². The molecule has 0 spiro atoms. The minimum absolute atomic E-state index is 0.103. The summed E-state index contributed by atoms with van der Waals surface area (Å²) in [5.74, 6) is 0. The highest BCUT2D eigenvalue weighted by Crippen LogP contribution is 2.24. The third kappa shape index (κ3) is 5.26. The number of hydrogen-bond donors (Lipinski definition) is 2. The quantitative estimate of drug-likeness (QED) is 0.627. The molecule has 1 rings (SSSR count). The second kappa shape index (κ2) is 9.05. The van der Waals surface area contributed by atoms with Gasteiger partial charge in [0.1, 0.15) is 5.60 Å². The predicted molar refractivity (Wildman–Crippen MR) is 55.1 cm³/mol. The first kappa shape index (κ1) is 15.9. The van der Waals surface area contributed by atoms with Crippen molar-refractivity contribution < 1.29 is 14.9 Å².